The molecule has 0 unspecified atom stereocenters. The van der Waals surface area contributed by atoms with E-state index in [-0.39, 0.29) is 17.7 Å². The highest BCUT2D eigenvalue weighted by Gasteiger charge is 2.07. The van der Waals surface area contributed by atoms with Crippen LogP contribution in [0.5, 0.6) is 0 Å². The molecule has 18 heavy (non-hydrogen) atoms. The standard InChI is InChI=1S/C13H12F2N2O/c1-8-4-13(18)17(7-12(8)16)6-9-2-3-10(14)5-11(9)15/h2-5,7H,6,16H2,1H3. The molecule has 5 heteroatoms. The molecule has 0 aliphatic heterocycles. The summed E-state index contributed by atoms with van der Waals surface area (Å²) in [4.78, 5) is 11.7. The van der Waals surface area contributed by atoms with E-state index in [1.54, 1.807) is 6.92 Å². The van der Waals surface area contributed by atoms with Gasteiger partial charge in [0, 0.05) is 23.9 Å². The van der Waals surface area contributed by atoms with Gasteiger partial charge < -0.3 is 10.3 Å². The molecule has 0 amide bonds. The van der Waals surface area contributed by atoms with Crippen molar-refractivity contribution in [3.63, 3.8) is 0 Å². The molecule has 0 saturated heterocycles. The smallest absolute Gasteiger partial charge is 0.251 e. The summed E-state index contributed by atoms with van der Waals surface area (Å²) in [5.74, 6) is -1.33. The average molecular weight is 250 g/mol. The molecule has 0 fully saturated rings. The number of aromatic nitrogens is 1. The van der Waals surface area contributed by atoms with E-state index < -0.39 is 11.6 Å². The third-order valence-electron chi connectivity index (χ3n) is 2.73. The quantitative estimate of drug-likeness (QED) is 0.886. The van der Waals surface area contributed by atoms with Crippen LogP contribution >= 0.6 is 0 Å². The normalized spacial score (nSPS) is 10.6. The second-order valence-corrected chi connectivity index (χ2v) is 4.11. The van der Waals surface area contributed by atoms with Gasteiger partial charge in [0.15, 0.2) is 0 Å². The molecule has 0 aliphatic carbocycles. The van der Waals surface area contributed by atoms with E-state index in [0.717, 1.165) is 12.1 Å². The number of aryl methyl sites for hydroxylation is 1. The summed E-state index contributed by atoms with van der Waals surface area (Å²) in [5.41, 5.74) is 6.79. The van der Waals surface area contributed by atoms with E-state index in [0.29, 0.717) is 11.3 Å². The Morgan fingerprint density at radius 1 is 1.28 bits per heavy atom. The van der Waals surface area contributed by atoms with Crippen molar-refractivity contribution in [2.45, 2.75) is 13.5 Å². The lowest BCUT2D eigenvalue weighted by Gasteiger charge is -2.09. The predicted molar refractivity (Wildman–Crippen MR) is 65.3 cm³/mol. The second-order valence-electron chi connectivity index (χ2n) is 4.11. The summed E-state index contributed by atoms with van der Waals surface area (Å²) >= 11 is 0. The van der Waals surface area contributed by atoms with Crippen LogP contribution in [-0.4, -0.2) is 4.57 Å². The molecule has 0 radical (unpaired) electrons. The van der Waals surface area contributed by atoms with Crippen LogP contribution in [0.3, 0.4) is 0 Å². The van der Waals surface area contributed by atoms with Gasteiger partial charge in [-0.25, -0.2) is 8.78 Å². The first-order valence-electron chi connectivity index (χ1n) is 5.38. The molecule has 2 rings (SSSR count). The number of nitrogens with two attached hydrogens (primary N) is 1. The Balaban J connectivity index is 2.40. The van der Waals surface area contributed by atoms with E-state index >= 15 is 0 Å². The highest BCUT2D eigenvalue weighted by Crippen LogP contribution is 2.12. The van der Waals surface area contributed by atoms with E-state index in [4.69, 9.17) is 5.73 Å². The third-order valence-corrected chi connectivity index (χ3v) is 2.73. The third kappa shape index (κ3) is 2.40. The SMILES string of the molecule is Cc1cc(=O)n(Cc2ccc(F)cc2F)cc1N. The number of nitrogens with zero attached hydrogens (tertiary/aromatic N) is 1. The first-order chi connectivity index (χ1) is 8.47. The van der Waals surface area contributed by atoms with Gasteiger partial charge in [0.25, 0.3) is 5.56 Å². The Labute approximate surface area is 102 Å². The number of nitrogen functional groups attached to an aromatic ring is 1. The Bertz CT molecular complexity index is 650. The van der Waals surface area contributed by atoms with Crippen LogP contribution in [0.1, 0.15) is 11.1 Å². The van der Waals surface area contributed by atoms with E-state index in [2.05, 4.69) is 0 Å². The molecule has 2 N–H and O–H groups in total. The Morgan fingerprint density at radius 2 is 2.00 bits per heavy atom. The average Bonchev–Trinajstić information content (AvgIpc) is 2.29. The van der Waals surface area contributed by atoms with Crippen molar-refractivity contribution in [3.05, 3.63) is 63.6 Å². The van der Waals surface area contributed by atoms with Crippen molar-refractivity contribution in [1.82, 2.24) is 4.57 Å². The first-order valence-corrected chi connectivity index (χ1v) is 5.38. The number of hydrogen-bond donors (Lipinski definition) is 1. The summed E-state index contributed by atoms with van der Waals surface area (Å²) < 4.78 is 27.5. The molecule has 1 aromatic carbocycles. The van der Waals surface area contributed by atoms with Crippen molar-refractivity contribution in [1.29, 1.82) is 0 Å². The molecule has 0 spiro atoms. The van der Waals surface area contributed by atoms with Crippen molar-refractivity contribution in [3.8, 4) is 0 Å². The van der Waals surface area contributed by atoms with Crippen LogP contribution in [0.4, 0.5) is 14.5 Å². The zero-order valence-electron chi connectivity index (χ0n) is 9.78. The van der Waals surface area contributed by atoms with Gasteiger partial charge in [0.1, 0.15) is 11.6 Å². The number of pyridine rings is 1. The van der Waals surface area contributed by atoms with Crippen LogP contribution in [0.2, 0.25) is 0 Å². The van der Waals surface area contributed by atoms with Gasteiger partial charge in [-0.3, -0.25) is 4.79 Å². The number of anilines is 1. The van der Waals surface area contributed by atoms with Crippen LogP contribution in [0.15, 0.2) is 35.3 Å². The van der Waals surface area contributed by atoms with E-state index in [1.807, 2.05) is 0 Å². The number of hydrogen-bond acceptors (Lipinski definition) is 2. The predicted octanol–water partition coefficient (Wildman–Crippen LogP) is 2.07. The minimum absolute atomic E-state index is 0.0232. The Morgan fingerprint density at radius 3 is 2.67 bits per heavy atom. The van der Waals surface area contributed by atoms with Gasteiger partial charge in [-0.2, -0.15) is 0 Å². The fraction of sp³-hybridized carbons (Fsp3) is 0.154. The molecule has 2 aromatic rings. The van der Waals surface area contributed by atoms with Crippen molar-refractivity contribution in [2.75, 3.05) is 5.73 Å². The van der Waals surface area contributed by atoms with Gasteiger partial charge in [-0.15, -0.1) is 0 Å². The summed E-state index contributed by atoms with van der Waals surface area (Å²) in [6.45, 7) is 1.75. The lowest BCUT2D eigenvalue weighted by molar-refractivity contribution is 0.564. The first kappa shape index (κ1) is 12.3. The lowest BCUT2D eigenvalue weighted by Crippen LogP contribution is -2.21. The summed E-state index contributed by atoms with van der Waals surface area (Å²) in [5, 5.41) is 0. The molecule has 0 aliphatic rings. The summed E-state index contributed by atoms with van der Waals surface area (Å²) in [6.07, 6.45) is 1.46. The highest BCUT2D eigenvalue weighted by molar-refractivity contribution is 5.43. The van der Waals surface area contributed by atoms with Gasteiger partial charge in [0.05, 0.1) is 12.2 Å². The highest BCUT2D eigenvalue weighted by atomic mass is 19.1. The van der Waals surface area contributed by atoms with Crippen molar-refractivity contribution >= 4 is 5.69 Å². The molecular weight excluding hydrogens is 238 g/mol. The number of halogens is 2. The zero-order chi connectivity index (χ0) is 13.3. The Kier molecular flexibility index (Phi) is 3.14. The molecule has 3 nitrogen and oxygen atoms in total. The molecular formula is C13H12F2N2O. The summed E-state index contributed by atoms with van der Waals surface area (Å²) in [7, 11) is 0. The summed E-state index contributed by atoms with van der Waals surface area (Å²) in [6, 6.07) is 4.64. The van der Waals surface area contributed by atoms with Crippen LogP contribution < -0.4 is 11.3 Å². The van der Waals surface area contributed by atoms with Crippen LogP contribution in [-0.2, 0) is 6.54 Å². The topological polar surface area (TPSA) is 48.0 Å². The molecule has 1 aromatic heterocycles. The Hall–Kier alpha value is -2.17. The van der Waals surface area contributed by atoms with Crippen molar-refractivity contribution < 1.29 is 8.78 Å². The van der Waals surface area contributed by atoms with Crippen molar-refractivity contribution in [2.24, 2.45) is 0 Å². The number of benzene rings is 1. The number of rotatable bonds is 2. The molecule has 1 heterocycles. The maximum Gasteiger partial charge on any atom is 0.251 e. The van der Waals surface area contributed by atoms with E-state index in [1.165, 1.54) is 22.9 Å². The second kappa shape index (κ2) is 4.60. The maximum atomic E-state index is 13.5. The van der Waals surface area contributed by atoms with Gasteiger partial charge in [0.2, 0.25) is 0 Å². The molecule has 94 valence electrons. The monoisotopic (exact) mass is 250 g/mol. The van der Waals surface area contributed by atoms with Crippen LogP contribution in [0, 0.1) is 18.6 Å². The van der Waals surface area contributed by atoms with Gasteiger partial charge in [-0.05, 0) is 18.6 Å². The fourth-order valence-electron chi connectivity index (χ4n) is 1.64. The van der Waals surface area contributed by atoms with Crippen LogP contribution in [0.25, 0.3) is 0 Å². The molecule has 0 bridgehead atoms. The molecule has 0 saturated carbocycles. The minimum atomic E-state index is -0.680. The zero-order valence-corrected chi connectivity index (χ0v) is 9.78. The van der Waals surface area contributed by atoms with Gasteiger partial charge >= 0.3 is 0 Å². The largest absolute Gasteiger partial charge is 0.397 e. The molecule has 0 atom stereocenters. The lowest BCUT2D eigenvalue weighted by atomic mass is 10.2. The van der Waals surface area contributed by atoms with E-state index in [9.17, 15) is 13.6 Å². The minimum Gasteiger partial charge on any atom is -0.397 e. The fourth-order valence-corrected chi connectivity index (χ4v) is 1.64. The van der Waals surface area contributed by atoms with Gasteiger partial charge in [-0.1, -0.05) is 6.07 Å². The maximum absolute atomic E-state index is 13.5.